The van der Waals surface area contributed by atoms with E-state index in [-0.39, 0.29) is 0 Å². The number of hydrogen-bond donors (Lipinski definition) is 2. The molecule has 92 valence electrons. The molecule has 0 aliphatic heterocycles. The number of anilines is 1. The molecule has 2 N–H and O–H groups in total. The third-order valence-electron chi connectivity index (χ3n) is 2.52. The van der Waals surface area contributed by atoms with Crippen molar-refractivity contribution in [3.63, 3.8) is 0 Å². The third kappa shape index (κ3) is 3.49. The average Bonchev–Trinajstić information content (AvgIpc) is 3.12. The van der Waals surface area contributed by atoms with E-state index in [0.29, 0.717) is 11.2 Å². The van der Waals surface area contributed by atoms with Crippen LogP contribution in [-0.2, 0) is 0 Å². The fourth-order valence-electron chi connectivity index (χ4n) is 1.46. The second-order valence-corrected chi connectivity index (χ2v) is 4.38. The Labute approximate surface area is 106 Å². The van der Waals surface area contributed by atoms with Crippen molar-refractivity contribution >= 4 is 23.0 Å². The Morgan fingerprint density at radius 1 is 1.18 bits per heavy atom. The molecule has 0 unspecified atom stereocenters. The first kappa shape index (κ1) is 12.0. The molecule has 0 heterocycles. The van der Waals surface area contributed by atoms with Crippen molar-refractivity contribution in [3.05, 3.63) is 18.2 Å². The average molecular weight is 252 g/mol. The molecule has 0 saturated heterocycles. The standard InChI is InChI=1S/C12H16N2O2S/c1-15-10-5-9(6-11(7-10)16-2)14-12(17)13-8-3-4-8/h5-8H,3-4H2,1-2H3,(H2,13,14,17). The lowest BCUT2D eigenvalue weighted by atomic mass is 10.3. The van der Waals surface area contributed by atoms with Crippen LogP contribution < -0.4 is 20.1 Å². The van der Waals surface area contributed by atoms with Crippen LogP contribution in [0.4, 0.5) is 5.69 Å². The van der Waals surface area contributed by atoms with Crippen molar-refractivity contribution in [3.8, 4) is 11.5 Å². The van der Waals surface area contributed by atoms with E-state index < -0.39 is 0 Å². The molecule has 0 bridgehead atoms. The van der Waals surface area contributed by atoms with Gasteiger partial charge >= 0.3 is 0 Å². The molecule has 17 heavy (non-hydrogen) atoms. The van der Waals surface area contributed by atoms with E-state index in [1.54, 1.807) is 14.2 Å². The number of thiocarbonyl (C=S) groups is 1. The lowest BCUT2D eigenvalue weighted by molar-refractivity contribution is 0.395. The summed E-state index contributed by atoms with van der Waals surface area (Å²) in [6.07, 6.45) is 2.40. The molecular formula is C12H16N2O2S. The van der Waals surface area contributed by atoms with Crippen molar-refractivity contribution in [2.75, 3.05) is 19.5 Å². The Morgan fingerprint density at radius 2 is 1.76 bits per heavy atom. The molecule has 1 fully saturated rings. The van der Waals surface area contributed by atoms with Gasteiger partial charge in [-0.3, -0.25) is 0 Å². The van der Waals surface area contributed by atoms with Crippen molar-refractivity contribution < 1.29 is 9.47 Å². The predicted molar refractivity (Wildman–Crippen MR) is 71.9 cm³/mol. The van der Waals surface area contributed by atoms with Gasteiger partial charge in [0.05, 0.1) is 14.2 Å². The third-order valence-corrected chi connectivity index (χ3v) is 2.74. The maximum absolute atomic E-state index is 5.21. The molecule has 4 nitrogen and oxygen atoms in total. The molecule has 0 atom stereocenters. The van der Waals surface area contributed by atoms with Gasteiger partial charge in [-0.25, -0.2) is 0 Å². The van der Waals surface area contributed by atoms with E-state index in [2.05, 4.69) is 10.6 Å². The van der Waals surface area contributed by atoms with Crippen LogP contribution in [0.2, 0.25) is 0 Å². The van der Waals surface area contributed by atoms with Gasteiger partial charge in [-0.2, -0.15) is 0 Å². The molecule has 1 aromatic carbocycles. The van der Waals surface area contributed by atoms with Crippen LogP contribution >= 0.6 is 12.2 Å². The van der Waals surface area contributed by atoms with Crippen molar-refractivity contribution in [2.45, 2.75) is 18.9 Å². The van der Waals surface area contributed by atoms with Gasteiger partial charge in [-0.15, -0.1) is 0 Å². The molecule has 1 aliphatic rings. The minimum atomic E-state index is 0.544. The normalized spacial score (nSPS) is 14.0. The van der Waals surface area contributed by atoms with E-state index in [4.69, 9.17) is 21.7 Å². The van der Waals surface area contributed by atoms with Crippen LogP contribution in [0.1, 0.15) is 12.8 Å². The maximum Gasteiger partial charge on any atom is 0.170 e. The molecule has 1 aromatic rings. The first-order valence-electron chi connectivity index (χ1n) is 5.52. The molecule has 0 aromatic heterocycles. The Bertz CT molecular complexity index is 397. The van der Waals surface area contributed by atoms with E-state index in [1.165, 1.54) is 12.8 Å². The number of rotatable bonds is 4. The molecule has 1 saturated carbocycles. The highest BCUT2D eigenvalue weighted by Gasteiger charge is 2.21. The highest BCUT2D eigenvalue weighted by molar-refractivity contribution is 7.80. The fourth-order valence-corrected chi connectivity index (χ4v) is 1.74. The lowest BCUT2D eigenvalue weighted by Crippen LogP contribution is -2.30. The molecule has 1 aliphatic carbocycles. The van der Waals surface area contributed by atoms with E-state index in [9.17, 15) is 0 Å². The van der Waals surface area contributed by atoms with Gasteiger partial charge in [-0.05, 0) is 25.1 Å². The van der Waals surface area contributed by atoms with E-state index in [0.717, 1.165) is 17.2 Å². The quantitative estimate of drug-likeness (QED) is 0.804. The van der Waals surface area contributed by atoms with Crippen molar-refractivity contribution in [2.24, 2.45) is 0 Å². The van der Waals surface area contributed by atoms with Gasteiger partial charge in [0.15, 0.2) is 5.11 Å². The lowest BCUT2D eigenvalue weighted by Gasteiger charge is -2.12. The molecule has 0 radical (unpaired) electrons. The monoisotopic (exact) mass is 252 g/mol. The van der Waals surface area contributed by atoms with Gasteiger partial charge in [0.2, 0.25) is 0 Å². The van der Waals surface area contributed by atoms with Gasteiger partial charge in [-0.1, -0.05) is 0 Å². The molecule has 0 spiro atoms. The highest BCUT2D eigenvalue weighted by atomic mass is 32.1. The molecular weight excluding hydrogens is 236 g/mol. The summed E-state index contributed by atoms with van der Waals surface area (Å²) in [5, 5.41) is 6.98. The molecule has 5 heteroatoms. The largest absolute Gasteiger partial charge is 0.497 e. The zero-order valence-corrected chi connectivity index (χ0v) is 10.8. The van der Waals surface area contributed by atoms with Crippen LogP contribution in [-0.4, -0.2) is 25.4 Å². The first-order chi connectivity index (χ1) is 8.21. The van der Waals surface area contributed by atoms with Crippen LogP contribution in [0.3, 0.4) is 0 Å². The summed E-state index contributed by atoms with van der Waals surface area (Å²) in [6, 6.07) is 6.12. The summed E-state index contributed by atoms with van der Waals surface area (Å²) in [5.74, 6) is 1.47. The predicted octanol–water partition coefficient (Wildman–Crippen LogP) is 2.15. The Balaban J connectivity index is 2.04. The molecule has 2 rings (SSSR count). The summed E-state index contributed by atoms with van der Waals surface area (Å²) in [5.41, 5.74) is 0.861. The Hall–Kier alpha value is -1.49. The van der Waals surface area contributed by atoms with Gasteiger partial charge in [0.25, 0.3) is 0 Å². The van der Waals surface area contributed by atoms with Crippen molar-refractivity contribution in [1.29, 1.82) is 0 Å². The minimum absolute atomic E-state index is 0.544. The SMILES string of the molecule is COc1cc(NC(=S)NC2CC2)cc(OC)c1. The van der Waals surface area contributed by atoms with Gasteiger partial charge < -0.3 is 20.1 Å². The van der Waals surface area contributed by atoms with Crippen LogP contribution in [0.5, 0.6) is 11.5 Å². The first-order valence-corrected chi connectivity index (χ1v) is 5.92. The summed E-state index contributed by atoms with van der Waals surface area (Å²) in [4.78, 5) is 0. The zero-order valence-electron chi connectivity index (χ0n) is 9.95. The van der Waals surface area contributed by atoms with Crippen molar-refractivity contribution in [1.82, 2.24) is 5.32 Å². The second kappa shape index (κ2) is 5.23. The van der Waals surface area contributed by atoms with Crippen LogP contribution in [0.15, 0.2) is 18.2 Å². The van der Waals surface area contributed by atoms with Crippen LogP contribution in [0, 0.1) is 0 Å². The van der Waals surface area contributed by atoms with Crippen LogP contribution in [0.25, 0.3) is 0 Å². The van der Waals surface area contributed by atoms with E-state index in [1.807, 2.05) is 18.2 Å². The summed E-state index contributed by atoms with van der Waals surface area (Å²) in [7, 11) is 3.25. The van der Waals surface area contributed by atoms with Gasteiger partial charge in [0, 0.05) is 29.9 Å². The summed E-state index contributed by atoms with van der Waals surface area (Å²) < 4.78 is 10.4. The Kier molecular flexibility index (Phi) is 3.68. The van der Waals surface area contributed by atoms with E-state index >= 15 is 0 Å². The smallest absolute Gasteiger partial charge is 0.170 e. The Morgan fingerprint density at radius 3 is 2.24 bits per heavy atom. The fraction of sp³-hybridized carbons (Fsp3) is 0.417. The summed E-state index contributed by atoms with van der Waals surface area (Å²) >= 11 is 5.21. The summed E-state index contributed by atoms with van der Waals surface area (Å²) in [6.45, 7) is 0. The maximum atomic E-state index is 5.21. The zero-order chi connectivity index (χ0) is 12.3. The number of benzene rings is 1. The van der Waals surface area contributed by atoms with Gasteiger partial charge in [0.1, 0.15) is 11.5 Å². The second-order valence-electron chi connectivity index (χ2n) is 3.97. The highest BCUT2D eigenvalue weighted by Crippen LogP contribution is 2.26. The number of nitrogens with one attached hydrogen (secondary N) is 2. The number of methoxy groups -OCH3 is 2. The minimum Gasteiger partial charge on any atom is -0.497 e. The molecule has 0 amide bonds. The number of hydrogen-bond acceptors (Lipinski definition) is 3. The number of ether oxygens (including phenoxy) is 2. The topological polar surface area (TPSA) is 42.5 Å².